The van der Waals surface area contributed by atoms with Gasteiger partial charge in [0.15, 0.2) is 0 Å². The summed E-state index contributed by atoms with van der Waals surface area (Å²) in [5.41, 5.74) is 0. The van der Waals surface area contributed by atoms with E-state index in [0.717, 1.165) is 13.2 Å². The minimum atomic E-state index is 0.167. The van der Waals surface area contributed by atoms with Crippen molar-refractivity contribution in [1.82, 2.24) is 0 Å². The maximum absolute atomic E-state index is 7.86. The first kappa shape index (κ1) is 11.3. The molecule has 9 heavy (non-hydrogen) atoms. The van der Waals surface area contributed by atoms with Gasteiger partial charge in [0.2, 0.25) is 0 Å². The Morgan fingerprint density at radius 3 is 1.67 bits per heavy atom. The molecule has 2 heteroatoms. The molecule has 0 aliphatic heterocycles. The molecule has 0 heterocycles. The Morgan fingerprint density at radius 1 is 1.44 bits per heavy atom. The first-order valence-electron chi connectivity index (χ1n) is 3.07. The van der Waals surface area contributed by atoms with Crippen molar-refractivity contribution < 1.29 is 9.84 Å². The van der Waals surface area contributed by atoms with E-state index in [4.69, 9.17) is 9.84 Å². The highest BCUT2D eigenvalue weighted by Crippen LogP contribution is 1.66. The van der Waals surface area contributed by atoms with E-state index in [1.165, 1.54) is 6.92 Å². The molecule has 0 aliphatic rings. The molecule has 0 aromatic heterocycles. The third-order valence-corrected chi connectivity index (χ3v) is 0.408. The summed E-state index contributed by atoms with van der Waals surface area (Å²) in [5, 5.41) is 7.86. The fourth-order valence-electron chi connectivity index (χ4n) is 0.204. The van der Waals surface area contributed by atoms with Gasteiger partial charge in [-0.05, 0) is 20.8 Å². The standard InChI is InChI=1S/C4H10O.C3H6O/c1-3-5-4-2;1-3(2)4/h3-4H2,1-2H3;4H,1H2,2H3. The Hall–Kier alpha value is -0.500. The van der Waals surface area contributed by atoms with Crippen molar-refractivity contribution in [3.8, 4) is 0 Å². The van der Waals surface area contributed by atoms with Crippen LogP contribution in [0.2, 0.25) is 0 Å². The number of aliphatic hydroxyl groups excluding tert-OH is 1. The first-order chi connectivity index (χ1) is 4.15. The lowest BCUT2D eigenvalue weighted by molar-refractivity contribution is 0.162. The Labute approximate surface area is 57.2 Å². The van der Waals surface area contributed by atoms with Crippen LogP contribution in [0.5, 0.6) is 0 Å². The van der Waals surface area contributed by atoms with Crippen LogP contribution in [-0.2, 0) is 4.74 Å². The molecule has 0 unspecified atom stereocenters. The van der Waals surface area contributed by atoms with Gasteiger partial charge in [-0.2, -0.15) is 0 Å². The predicted octanol–water partition coefficient (Wildman–Crippen LogP) is 2.12. The summed E-state index contributed by atoms with van der Waals surface area (Å²) in [6, 6.07) is 0. The van der Waals surface area contributed by atoms with Crippen molar-refractivity contribution >= 4 is 0 Å². The maximum atomic E-state index is 7.86. The van der Waals surface area contributed by atoms with Crippen LogP contribution < -0.4 is 0 Å². The zero-order valence-corrected chi connectivity index (χ0v) is 6.48. The van der Waals surface area contributed by atoms with Crippen LogP contribution in [0, 0.1) is 0 Å². The highest BCUT2D eigenvalue weighted by atomic mass is 16.5. The van der Waals surface area contributed by atoms with Crippen molar-refractivity contribution in [3.05, 3.63) is 12.3 Å². The van der Waals surface area contributed by atoms with E-state index < -0.39 is 0 Å². The SMILES string of the molecule is C=C(C)O.CCOCC. The Morgan fingerprint density at radius 2 is 1.67 bits per heavy atom. The van der Waals surface area contributed by atoms with Crippen LogP contribution in [0.25, 0.3) is 0 Å². The third-order valence-electron chi connectivity index (χ3n) is 0.408. The van der Waals surface area contributed by atoms with Gasteiger partial charge in [-0.1, -0.05) is 6.58 Å². The quantitative estimate of drug-likeness (QED) is 0.583. The molecule has 0 aromatic carbocycles. The molecule has 0 radical (unpaired) electrons. The molecule has 56 valence electrons. The molecule has 0 aromatic rings. The van der Waals surface area contributed by atoms with Crippen molar-refractivity contribution in [3.63, 3.8) is 0 Å². The van der Waals surface area contributed by atoms with Crippen LogP contribution >= 0.6 is 0 Å². The van der Waals surface area contributed by atoms with Crippen LogP contribution in [0.1, 0.15) is 20.8 Å². The highest BCUT2D eigenvalue weighted by Gasteiger charge is 1.64. The van der Waals surface area contributed by atoms with E-state index in [2.05, 4.69) is 6.58 Å². The Bertz CT molecular complexity index is 53.9. The lowest BCUT2D eigenvalue weighted by atomic mass is 10.7. The van der Waals surface area contributed by atoms with E-state index in [1.807, 2.05) is 13.8 Å². The second-order valence-electron chi connectivity index (χ2n) is 1.52. The molecular weight excluding hydrogens is 116 g/mol. The van der Waals surface area contributed by atoms with E-state index in [-0.39, 0.29) is 5.76 Å². The van der Waals surface area contributed by atoms with Gasteiger partial charge in [-0.15, -0.1) is 0 Å². The number of rotatable bonds is 2. The van der Waals surface area contributed by atoms with Gasteiger partial charge in [0, 0.05) is 13.2 Å². The number of ether oxygens (including phenoxy) is 1. The number of hydrogen-bond donors (Lipinski definition) is 1. The lowest BCUT2D eigenvalue weighted by Crippen LogP contribution is -1.84. The summed E-state index contributed by atoms with van der Waals surface area (Å²) in [6.45, 7) is 10.3. The van der Waals surface area contributed by atoms with E-state index in [1.54, 1.807) is 0 Å². The fraction of sp³-hybridized carbons (Fsp3) is 0.714. The van der Waals surface area contributed by atoms with E-state index in [9.17, 15) is 0 Å². The topological polar surface area (TPSA) is 29.5 Å². The number of allylic oxidation sites excluding steroid dienone is 1. The molecule has 0 amide bonds. The molecule has 0 spiro atoms. The van der Waals surface area contributed by atoms with Gasteiger partial charge < -0.3 is 9.84 Å². The highest BCUT2D eigenvalue weighted by molar-refractivity contribution is 4.67. The van der Waals surface area contributed by atoms with E-state index in [0.29, 0.717) is 0 Å². The summed E-state index contributed by atoms with van der Waals surface area (Å²) in [6.07, 6.45) is 0. The second kappa shape index (κ2) is 10.5. The van der Waals surface area contributed by atoms with Crippen LogP contribution in [0.15, 0.2) is 12.3 Å². The van der Waals surface area contributed by atoms with Crippen LogP contribution in [0.3, 0.4) is 0 Å². The summed E-state index contributed by atoms with van der Waals surface area (Å²) in [7, 11) is 0. The van der Waals surface area contributed by atoms with Crippen LogP contribution in [0.4, 0.5) is 0 Å². The molecule has 0 bridgehead atoms. The monoisotopic (exact) mass is 132 g/mol. The molecule has 0 saturated heterocycles. The zero-order chi connectivity index (χ0) is 7.70. The van der Waals surface area contributed by atoms with Crippen molar-refractivity contribution in [1.29, 1.82) is 0 Å². The molecule has 1 N–H and O–H groups in total. The maximum Gasteiger partial charge on any atom is 0.0820 e. The molecule has 0 saturated carbocycles. The molecule has 0 aliphatic carbocycles. The van der Waals surface area contributed by atoms with Crippen molar-refractivity contribution in [2.75, 3.05) is 13.2 Å². The van der Waals surface area contributed by atoms with Gasteiger partial charge in [-0.25, -0.2) is 0 Å². The largest absolute Gasteiger partial charge is 0.513 e. The summed E-state index contributed by atoms with van der Waals surface area (Å²) in [5.74, 6) is 0.167. The summed E-state index contributed by atoms with van der Waals surface area (Å²) < 4.78 is 4.83. The predicted molar refractivity (Wildman–Crippen MR) is 39.6 cm³/mol. The minimum absolute atomic E-state index is 0.167. The number of hydrogen-bond acceptors (Lipinski definition) is 2. The number of aliphatic hydroxyl groups is 1. The second-order valence-corrected chi connectivity index (χ2v) is 1.52. The van der Waals surface area contributed by atoms with Gasteiger partial charge in [0.05, 0.1) is 5.76 Å². The van der Waals surface area contributed by atoms with Crippen molar-refractivity contribution in [2.24, 2.45) is 0 Å². The van der Waals surface area contributed by atoms with Gasteiger partial charge in [0.1, 0.15) is 0 Å². The third kappa shape index (κ3) is 101. The molecule has 0 rings (SSSR count). The smallest absolute Gasteiger partial charge is 0.0820 e. The van der Waals surface area contributed by atoms with Crippen LogP contribution in [-0.4, -0.2) is 18.3 Å². The van der Waals surface area contributed by atoms with Gasteiger partial charge >= 0.3 is 0 Å². The molecule has 0 atom stereocenters. The molecule has 2 nitrogen and oxygen atoms in total. The Balaban J connectivity index is 0. The summed E-state index contributed by atoms with van der Waals surface area (Å²) in [4.78, 5) is 0. The zero-order valence-electron chi connectivity index (χ0n) is 6.48. The Kier molecular flexibility index (Phi) is 13.2. The average Bonchev–Trinajstić information content (AvgIpc) is 1.66. The molecular formula is C7H16O2. The summed E-state index contributed by atoms with van der Waals surface area (Å²) >= 11 is 0. The normalized spacial score (nSPS) is 7.44. The minimum Gasteiger partial charge on any atom is -0.513 e. The first-order valence-corrected chi connectivity index (χ1v) is 3.07. The molecule has 0 fully saturated rings. The van der Waals surface area contributed by atoms with Gasteiger partial charge in [0.25, 0.3) is 0 Å². The van der Waals surface area contributed by atoms with Crippen molar-refractivity contribution in [2.45, 2.75) is 20.8 Å². The van der Waals surface area contributed by atoms with Gasteiger partial charge in [-0.3, -0.25) is 0 Å². The average molecular weight is 132 g/mol. The van der Waals surface area contributed by atoms with E-state index >= 15 is 0 Å². The lowest BCUT2D eigenvalue weighted by Gasteiger charge is -1.86. The fourth-order valence-corrected chi connectivity index (χ4v) is 0.204.